The average molecular weight is 140 g/mol. The Hall–Kier alpha value is -0.830. The molecule has 10 heavy (non-hydrogen) atoms. The summed E-state index contributed by atoms with van der Waals surface area (Å²) in [5.74, 6) is 0.891. The minimum atomic E-state index is 0.325. The molecule has 1 N–H and O–H groups in total. The molecule has 0 fully saturated rings. The number of hydrogen-bond donors (Lipinski definition) is 1. The molecule has 0 aromatic carbocycles. The second-order valence-corrected chi connectivity index (χ2v) is 2.35. The molecule has 0 saturated heterocycles. The van der Waals surface area contributed by atoms with Crippen LogP contribution in [-0.4, -0.2) is 12.2 Å². The lowest BCUT2D eigenvalue weighted by atomic mass is 10.1. The quantitative estimate of drug-likeness (QED) is 0.672. The van der Waals surface area contributed by atoms with Crippen LogP contribution in [0.1, 0.15) is 24.3 Å². The van der Waals surface area contributed by atoms with Crippen molar-refractivity contribution in [2.75, 3.05) is 7.05 Å². The SMILES string of the molecule is CNC(C)c1cnoc1C. The fraction of sp³-hybridized carbons (Fsp3) is 0.571. The Morgan fingerprint density at radius 2 is 2.40 bits per heavy atom. The third kappa shape index (κ3) is 1.19. The molecule has 1 aromatic rings. The predicted octanol–water partition coefficient (Wildman–Crippen LogP) is 1.26. The highest BCUT2D eigenvalue weighted by molar-refractivity contribution is 5.15. The summed E-state index contributed by atoms with van der Waals surface area (Å²) in [6.07, 6.45) is 1.75. The average Bonchev–Trinajstić information content (AvgIpc) is 2.34. The van der Waals surface area contributed by atoms with E-state index in [0.29, 0.717) is 6.04 Å². The highest BCUT2D eigenvalue weighted by Gasteiger charge is 2.08. The molecule has 1 heterocycles. The Bertz CT molecular complexity index is 207. The van der Waals surface area contributed by atoms with Crippen molar-refractivity contribution in [1.82, 2.24) is 10.5 Å². The number of aryl methyl sites for hydroxylation is 1. The van der Waals surface area contributed by atoms with Crippen molar-refractivity contribution < 1.29 is 4.52 Å². The summed E-state index contributed by atoms with van der Waals surface area (Å²) >= 11 is 0. The molecule has 0 radical (unpaired) electrons. The van der Waals surface area contributed by atoms with Gasteiger partial charge in [0.2, 0.25) is 0 Å². The summed E-state index contributed by atoms with van der Waals surface area (Å²) in [5.41, 5.74) is 1.13. The Balaban J connectivity index is 2.82. The molecule has 0 aliphatic carbocycles. The van der Waals surface area contributed by atoms with Gasteiger partial charge in [-0.2, -0.15) is 0 Å². The minimum Gasteiger partial charge on any atom is -0.361 e. The fourth-order valence-corrected chi connectivity index (χ4v) is 0.878. The van der Waals surface area contributed by atoms with Crippen molar-refractivity contribution in [3.63, 3.8) is 0 Å². The molecule has 3 nitrogen and oxygen atoms in total. The third-order valence-corrected chi connectivity index (χ3v) is 1.69. The van der Waals surface area contributed by atoms with E-state index in [0.717, 1.165) is 11.3 Å². The van der Waals surface area contributed by atoms with E-state index in [4.69, 9.17) is 4.52 Å². The Morgan fingerprint density at radius 3 is 2.80 bits per heavy atom. The summed E-state index contributed by atoms with van der Waals surface area (Å²) in [4.78, 5) is 0. The van der Waals surface area contributed by atoms with E-state index in [9.17, 15) is 0 Å². The van der Waals surface area contributed by atoms with Crippen LogP contribution in [0.5, 0.6) is 0 Å². The van der Waals surface area contributed by atoms with Crippen LogP contribution in [0.4, 0.5) is 0 Å². The maximum absolute atomic E-state index is 4.90. The first-order valence-electron chi connectivity index (χ1n) is 3.34. The summed E-state index contributed by atoms with van der Waals surface area (Å²) < 4.78 is 4.90. The topological polar surface area (TPSA) is 38.1 Å². The molecule has 1 aromatic heterocycles. The molecule has 1 unspecified atom stereocenters. The van der Waals surface area contributed by atoms with E-state index in [1.165, 1.54) is 0 Å². The summed E-state index contributed by atoms with van der Waals surface area (Å²) in [7, 11) is 1.91. The van der Waals surface area contributed by atoms with Crippen LogP contribution in [0.3, 0.4) is 0 Å². The van der Waals surface area contributed by atoms with E-state index in [1.54, 1.807) is 6.20 Å². The molecule has 3 heteroatoms. The third-order valence-electron chi connectivity index (χ3n) is 1.69. The van der Waals surface area contributed by atoms with Crippen molar-refractivity contribution in [3.8, 4) is 0 Å². The Morgan fingerprint density at radius 1 is 1.70 bits per heavy atom. The molecule has 0 spiro atoms. The van der Waals surface area contributed by atoms with Crippen LogP contribution < -0.4 is 5.32 Å². The number of aromatic nitrogens is 1. The number of nitrogens with one attached hydrogen (secondary N) is 1. The molecule has 0 amide bonds. The van der Waals surface area contributed by atoms with Crippen LogP contribution in [0.15, 0.2) is 10.7 Å². The molecule has 1 atom stereocenters. The number of rotatable bonds is 2. The van der Waals surface area contributed by atoms with Gasteiger partial charge >= 0.3 is 0 Å². The van der Waals surface area contributed by atoms with Crippen molar-refractivity contribution >= 4 is 0 Å². The largest absolute Gasteiger partial charge is 0.361 e. The Kier molecular flexibility index (Phi) is 2.06. The van der Waals surface area contributed by atoms with Crippen LogP contribution in [-0.2, 0) is 0 Å². The summed E-state index contributed by atoms with van der Waals surface area (Å²) in [6, 6.07) is 0.325. The summed E-state index contributed by atoms with van der Waals surface area (Å²) in [5, 5.41) is 6.78. The van der Waals surface area contributed by atoms with Crippen molar-refractivity contribution in [1.29, 1.82) is 0 Å². The minimum absolute atomic E-state index is 0.325. The van der Waals surface area contributed by atoms with Gasteiger partial charge in [-0.25, -0.2) is 0 Å². The predicted molar refractivity (Wildman–Crippen MR) is 38.7 cm³/mol. The molecule has 0 bridgehead atoms. The van der Waals surface area contributed by atoms with Gasteiger partial charge in [-0.05, 0) is 20.9 Å². The molecular weight excluding hydrogens is 128 g/mol. The van der Waals surface area contributed by atoms with Gasteiger partial charge in [0.1, 0.15) is 5.76 Å². The van der Waals surface area contributed by atoms with Gasteiger partial charge < -0.3 is 9.84 Å². The van der Waals surface area contributed by atoms with Crippen LogP contribution >= 0.6 is 0 Å². The summed E-state index contributed by atoms with van der Waals surface area (Å²) in [6.45, 7) is 3.98. The van der Waals surface area contributed by atoms with Gasteiger partial charge in [0.15, 0.2) is 0 Å². The van der Waals surface area contributed by atoms with E-state index in [-0.39, 0.29) is 0 Å². The van der Waals surface area contributed by atoms with Crippen LogP contribution in [0, 0.1) is 6.92 Å². The van der Waals surface area contributed by atoms with E-state index < -0.39 is 0 Å². The molecule has 0 saturated carbocycles. The molecule has 0 aliphatic heterocycles. The fourth-order valence-electron chi connectivity index (χ4n) is 0.878. The number of hydrogen-bond acceptors (Lipinski definition) is 3. The lowest BCUT2D eigenvalue weighted by molar-refractivity contribution is 0.394. The molecule has 0 aliphatic rings. The molecular formula is C7H12N2O. The maximum Gasteiger partial charge on any atom is 0.138 e. The lowest BCUT2D eigenvalue weighted by Gasteiger charge is -2.05. The first-order valence-corrected chi connectivity index (χ1v) is 3.34. The monoisotopic (exact) mass is 140 g/mol. The second kappa shape index (κ2) is 2.84. The van der Waals surface area contributed by atoms with E-state index >= 15 is 0 Å². The van der Waals surface area contributed by atoms with Crippen LogP contribution in [0.25, 0.3) is 0 Å². The highest BCUT2D eigenvalue weighted by atomic mass is 16.5. The normalized spacial score (nSPS) is 13.5. The van der Waals surface area contributed by atoms with Gasteiger partial charge in [0.25, 0.3) is 0 Å². The molecule has 1 rings (SSSR count). The first-order chi connectivity index (χ1) is 4.75. The highest BCUT2D eigenvalue weighted by Crippen LogP contribution is 2.14. The van der Waals surface area contributed by atoms with Gasteiger partial charge in [0, 0.05) is 11.6 Å². The smallest absolute Gasteiger partial charge is 0.138 e. The van der Waals surface area contributed by atoms with Gasteiger partial charge in [0.05, 0.1) is 6.20 Å². The zero-order valence-corrected chi connectivity index (χ0v) is 6.51. The van der Waals surface area contributed by atoms with Gasteiger partial charge in [-0.1, -0.05) is 5.16 Å². The van der Waals surface area contributed by atoms with E-state index in [1.807, 2.05) is 14.0 Å². The maximum atomic E-state index is 4.90. The second-order valence-electron chi connectivity index (χ2n) is 2.35. The standard InChI is InChI=1S/C7H12N2O/c1-5(8-3)7-4-9-10-6(7)2/h4-5,8H,1-3H3. The first kappa shape index (κ1) is 7.28. The van der Waals surface area contributed by atoms with Crippen molar-refractivity contribution in [2.45, 2.75) is 19.9 Å². The van der Waals surface area contributed by atoms with Crippen molar-refractivity contribution in [3.05, 3.63) is 17.5 Å². The lowest BCUT2D eigenvalue weighted by Crippen LogP contribution is -2.12. The van der Waals surface area contributed by atoms with E-state index in [2.05, 4.69) is 17.4 Å². The zero-order chi connectivity index (χ0) is 7.56. The molecule has 56 valence electrons. The van der Waals surface area contributed by atoms with Crippen LogP contribution in [0.2, 0.25) is 0 Å². The van der Waals surface area contributed by atoms with Gasteiger partial charge in [-0.3, -0.25) is 0 Å². The van der Waals surface area contributed by atoms with Gasteiger partial charge in [-0.15, -0.1) is 0 Å². The van der Waals surface area contributed by atoms with Crippen molar-refractivity contribution in [2.24, 2.45) is 0 Å². The number of nitrogens with zero attached hydrogens (tertiary/aromatic N) is 1. The Labute approximate surface area is 60.4 Å². The zero-order valence-electron chi connectivity index (χ0n) is 6.51.